The van der Waals surface area contributed by atoms with Gasteiger partial charge in [-0.25, -0.2) is 0 Å². The molecule has 2 aromatic carbocycles. The first kappa shape index (κ1) is 15.0. The van der Waals surface area contributed by atoms with Crippen molar-refractivity contribution in [3.05, 3.63) is 76.9 Å². The van der Waals surface area contributed by atoms with E-state index in [2.05, 4.69) is 0 Å². The van der Waals surface area contributed by atoms with Crippen LogP contribution < -0.4 is 0 Å². The predicted molar refractivity (Wildman–Crippen MR) is 81.6 cm³/mol. The van der Waals surface area contributed by atoms with Crippen LogP contribution in [0.5, 0.6) is 0 Å². The zero-order chi connectivity index (χ0) is 15.9. The van der Waals surface area contributed by atoms with E-state index in [0.717, 1.165) is 0 Å². The monoisotopic (exact) mass is 288 g/mol. The first-order valence-corrected chi connectivity index (χ1v) is 6.48. The Morgan fingerprint density at radius 3 is 1.77 bits per heavy atom. The van der Waals surface area contributed by atoms with Crippen LogP contribution in [0.4, 0.5) is 0 Å². The van der Waals surface area contributed by atoms with Gasteiger partial charge in [-0.2, -0.15) is 10.5 Å². The van der Waals surface area contributed by atoms with E-state index in [0.29, 0.717) is 28.0 Å². The highest BCUT2D eigenvalue weighted by Gasteiger charge is 2.08. The van der Waals surface area contributed by atoms with Crippen molar-refractivity contribution in [2.24, 2.45) is 0 Å². The largest absolute Gasteiger partial charge is 0.496 e. The Morgan fingerprint density at radius 1 is 0.909 bits per heavy atom. The van der Waals surface area contributed by atoms with Gasteiger partial charge in [-0.3, -0.25) is 4.79 Å². The molecule has 4 nitrogen and oxygen atoms in total. The van der Waals surface area contributed by atoms with Crippen LogP contribution in [0.1, 0.15) is 27.0 Å². The third-order valence-electron chi connectivity index (χ3n) is 3.08. The summed E-state index contributed by atoms with van der Waals surface area (Å²) in [6, 6.07) is 17.2. The molecule has 0 saturated carbocycles. The number of hydrogen-bond acceptors (Lipinski definition) is 4. The minimum absolute atomic E-state index is 0.217. The highest BCUT2D eigenvalue weighted by Crippen LogP contribution is 2.17. The van der Waals surface area contributed by atoms with Crippen LogP contribution in [0.2, 0.25) is 0 Å². The highest BCUT2D eigenvalue weighted by molar-refractivity contribution is 6.07. The first-order chi connectivity index (χ1) is 10.7. The van der Waals surface area contributed by atoms with Crippen molar-refractivity contribution in [1.82, 2.24) is 0 Å². The van der Waals surface area contributed by atoms with Crippen LogP contribution in [0.3, 0.4) is 0 Å². The van der Waals surface area contributed by atoms with Gasteiger partial charge in [0.05, 0.1) is 30.4 Å². The SMILES string of the molecule is COC(=CC(=O)c1ccc(C#N)cc1)c1ccc(C#N)cc1. The molecule has 4 heteroatoms. The number of benzene rings is 2. The van der Waals surface area contributed by atoms with Crippen LogP contribution in [-0.4, -0.2) is 12.9 Å². The van der Waals surface area contributed by atoms with Gasteiger partial charge in [-0.05, 0) is 48.5 Å². The maximum atomic E-state index is 12.2. The minimum Gasteiger partial charge on any atom is -0.496 e. The number of nitriles is 2. The lowest BCUT2D eigenvalue weighted by molar-refractivity contribution is 0.104. The van der Waals surface area contributed by atoms with Gasteiger partial charge in [0.1, 0.15) is 5.76 Å². The van der Waals surface area contributed by atoms with Gasteiger partial charge in [0, 0.05) is 17.2 Å². The maximum absolute atomic E-state index is 12.2. The lowest BCUT2D eigenvalue weighted by Crippen LogP contribution is -1.98. The Balaban J connectivity index is 2.28. The predicted octanol–water partition coefficient (Wildman–Crippen LogP) is 3.30. The Hall–Kier alpha value is -3.37. The summed E-state index contributed by atoms with van der Waals surface area (Å²) in [6.45, 7) is 0. The topological polar surface area (TPSA) is 73.9 Å². The second kappa shape index (κ2) is 6.88. The number of allylic oxidation sites excluding steroid dienone is 1. The molecule has 0 aromatic heterocycles. The lowest BCUT2D eigenvalue weighted by atomic mass is 10.1. The highest BCUT2D eigenvalue weighted by atomic mass is 16.5. The molecule has 0 spiro atoms. The van der Waals surface area contributed by atoms with Gasteiger partial charge in [-0.1, -0.05) is 0 Å². The lowest BCUT2D eigenvalue weighted by Gasteiger charge is -2.06. The number of ketones is 1. The standard InChI is InChI=1S/C18H12N2O2/c1-22-18(16-8-4-14(12-20)5-9-16)10-17(21)15-6-2-13(11-19)3-7-15/h2-10H,1H3. The number of nitrogens with zero attached hydrogens (tertiary/aromatic N) is 2. The van der Waals surface area contributed by atoms with E-state index in [9.17, 15) is 4.79 Å². The molecule has 22 heavy (non-hydrogen) atoms. The van der Waals surface area contributed by atoms with E-state index >= 15 is 0 Å². The molecule has 0 radical (unpaired) electrons. The number of carbonyl (C=O) groups is 1. The molecule has 0 amide bonds. The molecule has 0 fully saturated rings. The molecule has 0 aliphatic heterocycles. The third kappa shape index (κ3) is 3.39. The number of carbonyl (C=O) groups excluding carboxylic acids is 1. The number of rotatable bonds is 4. The van der Waals surface area contributed by atoms with Crippen molar-refractivity contribution in [1.29, 1.82) is 10.5 Å². The van der Waals surface area contributed by atoms with E-state index in [-0.39, 0.29) is 5.78 Å². The summed E-state index contributed by atoms with van der Waals surface area (Å²) in [5.74, 6) is 0.199. The summed E-state index contributed by atoms with van der Waals surface area (Å²) in [5.41, 5.74) is 2.22. The molecule has 0 bridgehead atoms. The Bertz CT molecular complexity index is 789. The maximum Gasteiger partial charge on any atom is 0.189 e. The quantitative estimate of drug-likeness (QED) is 0.491. The molecule has 2 rings (SSSR count). The Kier molecular flexibility index (Phi) is 4.70. The number of hydrogen-bond donors (Lipinski definition) is 0. The van der Waals surface area contributed by atoms with Gasteiger partial charge in [0.2, 0.25) is 0 Å². The summed E-state index contributed by atoms with van der Waals surface area (Å²) in [7, 11) is 1.48. The van der Waals surface area contributed by atoms with Crippen molar-refractivity contribution in [2.75, 3.05) is 7.11 Å². The average Bonchev–Trinajstić information content (AvgIpc) is 2.59. The van der Waals surface area contributed by atoms with Gasteiger partial charge in [-0.15, -0.1) is 0 Å². The minimum atomic E-state index is -0.217. The molecule has 0 unspecified atom stereocenters. The third-order valence-corrected chi connectivity index (χ3v) is 3.08. The van der Waals surface area contributed by atoms with E-state index in [1.54, 1.807) is 48.5 Å². The fourth-order valence-corrected chi connectivity index (χ4v) is 1.88. The van der Waals surface area contributed by atoms with Crippen LogP contribution in [0, 0.1) is 22.7 Å². The Morgan fingerprint density at radius 2 is 1.36 bits per heavy atom. The summed E-state index contributed by atoms with van der Waals surface area (Å²) in [5, 5.41) is 17.5. The van der Waals surface area contributed by atoms with Gasteiger partial charge in [0.25, 0.3) is 0 Å². The molecule has 0 aliphatic carbocycles. The van der Waals surface area contributed by atoms with Gasteiger partial charge in [0.15, 0.2) is 5.78 Å². The van der Waals surface area contributed by atoms with Crippen molar-refractivity contribution in [2.45, 2.75) is 0 Å². The molecule has 0 heterocycles. The van der Waals surface area contributed by atoms with Gasteiger partial charge >= 0.3 is 0 Å². The zero-order valence-electron chi connectivity index (χ0n) is 11.9. The molecular weight excluding hydrogens is 276 g/mol. The molecular formula is C18H12N2O2. The Labute approximate surface area is 128 Å². The summed E-state index contributed by atoms with van der Waals surface area (Å²) in [6.07, 6.45) is 1.39. The van der Waals surface area contributed by atoms with Crippen molar-refractivity contribution >= 4 is 11.5 Å². The van der Waals surface area contributed by atoms with Crippen LogP contribution >= 0.6 is 0 Å². The van der Waals surface area contributed by atoms with E-state index < -0.39 is 0 Å². The first-order valence-electron chi connectivity index (χ1n) is 6.48. The summed E-state index contributed by atoms with van der Waals surface area (Å²) in [4.78, 5) is 12.2. The number of ether oxygens (including phenoxy) is 1. The van der Waals surface area contributed by atoms with E-state index in [1.807, 2.05) is 12.1 Å². The molecule has 0 aliphatic rings. The van der Waals surface area contributed by atoms with Crippen LogP contribution in [-0.2, 0) is 4.74 Å². The smallest absolute Gasteiger partial charge is 0.189 e. The second-order valence-corrected chi connectivity index (χ2v) is 4.46. The van der Waals surface area contributed by atoms with Crippen LogP contribution in [0.25, 0.3) is 5.76 Å². The summed E-state index contributed by atoms with van der Waals surface area (Å²) < 4.78 is 5.25. The van der Waals surface area contributed by atoms with Crippen molar-refractivity contribution in [3.8, 4) is 12.1 Å². The fourth-order valence-electron chi connectivity index (χ4n) is 1.88. The molecule has 2 aromatic rings. The second-order valence-electron chi connectivity index (χ2n) is 4.46. The fraction of sp³-hybridized carbons (Fsp3) is 0.0556. The normalized spacial score (nSPS) is 10.4. The molecule has 0 N–H and O–H groups in total. The summed E-state index contributed by atoms with van der Waals surface area (Å²) >= 11 is 0. The zero-order valence-corrected chi connectivity index (χ0v) is 11.9. The van der Waals surface area contributed by atoms with Gasteiger partial charge < -0.3 is 4.74 Å². The van der Waals surface area contributed by atoms with E-state index in [4.69, 9.17) is 15.3 Å². The number of methoxy groups -OCH3 is 1. The van der Waals surface area contributed by atoms with E-state index in [1.165, 1.54) is 13.2 Å². The van der Waals surface area contributed by atoms with Crippen molar-refractivity contribution in [3.63, 3.8) is 0 Å². The molecule has 0 atom stereocenters. The average molecular weight is 288 g/mol. The molecule has 0 saturated heterocycles. The van der Waals surface area contributed by atoms with Crippen LogP contribution in [0.15, 0.2) is 54.6 Å². The van der Waals surface area contributed by atoms with Crippen molar-refractivity contribution < 1.29 is 9.53 Å². The molecule has 106 valence electrons.